The van der Waals surface area contributed by atoms with Crippen molar-refractivity contribution in [3.05, 3.63) is 59.2 Å². The summed E-state index contributed by atoms with van der Waals surface area (Å²) in [6.45, 7) is 4.93. The molecule has 1 aliphatic heterocycles. The van der Waals surface area contributed by atoms with Crippen LogP contribution in [0.4, 0.5) is 17.5 Å². The Morgan fingerprint density at radius 3 is 2.31 bits per heavy atom. The zero-order valence-corrected chi connectivity index (χ0v) is 19.4. The standard InChI is InChI=1S/C22H24ClN5O3S/c1-15-3-4-16(23)13-19(15)27-9-11-28(12-10-27)22-25-14-20(21(24)26-22)32(29,30)18-7-5-17(31-2)6-8-18/h3-8,13-14H,9-12H2,1-2H3,(H2,24,25,26). The summed E-state index contributed by atoms with van der Waals surface area (Å²) in [5.74, 6) is 0.910. The summed E-state index contributed by atoms with van der Waals surface area (Å²) in [4.78, 5) is 12.9. The minimum Gasteiger partial charge on any atom is -0.497 e. The van der Waals surface area contributed by atoms with Crippen molar-refractivity contribution >= 4 is 38.9 Å². The number of sulfone groups is 1. The van der Waals surface area contributed by atoms with Crippen LogP contribution in [0.25, 0.3) is 0 Å². The normalized spacial score (nSPS) is 14.5. The van der Waals surface area contributed by atoms with Crippen molar-refractivity contribution < 1.29 is 13.2 Å². The largest absolute Gasteiger partial charge is 0.497 e. The molecule has 0 saturated carbocycles. The molecular formula is C22H24ClN5O3S. The fourth-order valence-corrected chi connectivity index (χ4v) is 5.11. The second-order valence-corrected chi connectivity index (χ2v) is 9.86. The molecule has 0 atom stereocenters. The molecule has 32 heavy (non-hydrogen) atoms. The lowest BCUT2D eigenvalue weighted by Crippen LogP contribution is -2.47. The van der Waals surface area contributed by atoms with Crippen LogP contribution in [0, 0.1) is 6.92 Å². The summed E-state index contributed by atoms with van der Waals surface area (Å²) in [6.07, 6.45) is 1.28. The van der Waals surface area contributed by atoms with E-state index in [-0.39, 0.29) is 15.6 Å². The number of benzene rings is 2. The Kier molecular flexibility index (Phi) is 6.12. The summed E-state index contributed by atoms with van der Waals surface area (Å²) < 4.78 is 31.0. The number of ether oxygens (including phenoxy) is 1. The number of nitrogens with two attached hydrogens (primary N) is 1. The van der Waals surface area contributed by atoms with Crippen molar-refractivity contribution in [1.82, 2.24) is 9.97 Å². The molecule has 8 nitrogen and oxygen atoms in total. The van der Waals surface area contributed by atoms with Gasteiger partial charge in [-0.25, -0.2) is 13.4 Å². The molecule has 0 aliphatic carbocycles. The molecule has 1 aliphatic rings. The maximum absolute atomic E-state index is 13.0. The number of nitrogens with zero attached hydrogens (tertiary/aromatic N) is 4. The maximum Gasteiger partial charge on any atom is 0.227 e. The van der Waals surface area contributed by atoms with E-state index in [4.69, 9.17) is 22.1 Å². The summed E-state index contributed by atoms with van der Waals surface area (Å²) in [7, 11) is -2.32. The second kappa shape index (κ2) is 8.84. The third-order valence-corrected chi connectivity index (χ3v) is 7.53. The summed E-state index contributed by atoms with van der Waals surface area (Å²) >= 11 is 6.16. The van der Waals surface area contributed by atoms with Crippen LogP contribution in [-0.4, -0.2) is 51.7 Å². The van der Waals surface area contributed by atoms with Gasteiger partial charge in [0.15, 0.2) is 0 Å². The molecule has 1 saturated heterocycles. The van der Waals surface area contributed by atoms with Crippen LogP contribution in [0.2, 0.25) is 5.02 Å². The minimum atomic E-state index is -3.84. The van der Waals surface area contributed by atoms with Crippen molar-refractivity contribution in [2.75, 3.05) is 48.8 Å². The topological polar surface area (TPSA) is 102 Å². The number of nitrogen functional groups attached to an aromatic ring is 1. The highest BCUT2D eigenvalue weighted by atomic mass is 35.5. The monoisotopic (exact) mass is 473 g/mol. The van der Waals surface area contributed by atoms with Crippen molar-refractivity contribution in [2.45, 2.75) is 16.7 Å². The Morgan fingerprint density at radius 1 is 1.03 bits per heavy atom. The van der Waals surface area contributed by atoms with Crippen LogP contribution in [0.3, 0.4) is 0 Å². The number of rotatable bonds is 5. The molecule has 0 unspecified atom stereocenters. The number of anilines is 3. The Bertz CT molecular complexity index is 1230. The van der Waals surface area contributed by atoms with Gasteiger partial charge in [0, 0.05) is 36.9 Å². The summed E-state index contributed by atoms with van der Waals surface area (Å²) in [5.41, 5.74) is 8.33. The number of hydrogen-bond donors (Lipinski definition) is 1. The highest BCUT2D eigenvalue weighted by molar-refractivity contribution is 7.91. The van der Waals surface area contributed by atoms with Gasteiger partial charge in [0.25, 0.3) is 0 Å². The molecule has 4 rings (SSSR count). The predicted octanol–water partition coefficient (Wildman–Crippen LogP) is 3.19. The molecular weight excluding hydrogens is 450 g/mol. The lowest BCUT2D eigenvalue weighted by atomic mass is 10.1. The molecule has 10 heteroatoms. The molecule has 0 bridgehead atoms. The first-order chi connectivity index (χ1) is 15.3. The van der Waals surface area contributed by atoms with Gasteiger partial charge in [0.1, 0.15) is 16.5 Å². The second-order valence-electron chi connectivity index (χ2n) is 7.50. The summed E-state index contributed by atoms with van der Waals surface area (Å²) in [6, 6.07) is 12.0. The van der Waals surface area contributed by atoms with Gasteiger partial charge < -0.3 is 20.3 Å². The van der Waals surface area contributed by atoms with E-state index < -0.39 is 9.84 Å². The zero-order chi connectivity index (χ0) is 22.9. The number of aryl methyl sites for hydroxylation is 1. The molecule has 168 valence electrons. The zero-order valence-electron chi connectivity index (χ0n) is 17.8. The SMILES string of the molecule is COc1ccc(S(=O)(=O)c2cnc(N3CCN(c4cc(Cl)ccc4C)CC3)nc2N)cc1. The number of piperazine rings is 1. The molecule has 0 radical (unpaired) electrons. The van der Waals surface area contributed by atoms with Crippen LogP contribution in [0.5, 0.6) is 5.75 Å². The predicted molar refractivity (Wildman–Crippen MR) is 126 cm³/mol. The minimum absolute atomic E-state index is 0.0704. The first-order valence-corrected chi connectivity index (χ1v) is 11.9. The highest BCUT2D eigenvalue weighted by Crippen LogP contribution is 2.28. The smallest absolute Gasteiger partial charge is 0.227 e. The molecule has 3 aromatic rings. The quantitative estimate of drug-likeness (QED) is 0.602. The molecule has 2 aromatic carbocycles. The van der Waals surface area contributed by atoms with Crippen LogP contribution < -0.4 is 20.3 Å². The van der Waals surface area contributed by atoms with Crippen molar-refractivity contribution in [3.63, 3.8) is 0 Å². The van der Waals surface area contributed by atoms with E-state index in [1.54, 1.807) is 12.1 Å². The average molecular weight is 474 g/mol. The van der Waals surface area contributed by atoms with E-state index >= 15 is 0 Å². The number of halogens is 1. The van der Waals surface area contributed by atoms with Gasteiger partial charge in [0.05, 0.1) is 18.2 Å². The van der Waals surface area contributed by atoms with Gasteiger partial charge in [-0.1, -0.05) is 17.7 Å². The fourth-order valence-electron chi connectivity index (χ4n) is 3.69. The van der Waals surface area contributed by atoms with Gasteiger partial charge in [-0.05, 0) is 48.9 Å². The molecule has 0 amide bonds. The third-order valence-electron chi connectivity index (χ3n) is 5.50. The van der Waals surface area contributed by atoms with Crippen molar-refractivity contribution in [2.24, 2.45) is 0 Å². The number of methoxy groups -OCH3 is 1. The highest BCUT2D eigenvalue weighted by Gasteiger charge is 2.25. The lowest BCUT2D eigenvalue weighted by Gasteiger charge is -2.37. The van der Waals surface area contributed by atoms with Crippen molar-refractivity contribution in [1.29, 1.82) is 0 Å². The van der Waals surface area contributed by atoms with Gasteiger partial charge in [-0.15, -0.1) is 0 Å². The Balaban J connectivity index is 1.51. The van der Waals surface area contributed by atoms with Crippen LogP contribution >= 0.6 is 11.6 Å². The van der Waals surface area contributed by atoms with Gasteiger partial charge in [-0.3, -0.25) is 0 Å². The average Bonchev–Trinajstić information content (AvgIpc) is 2.80. The van der Waals surface area contributed by atoms with Crippen molar-refractivity contribution in [3.8, 4) is 5.75 Å². The Labute approximate surface area is 192 Å². The van der Waals surface area contributed by atoms with E-state index in [1.165, 1.54) is 25.4 Å². The van der Waals surface area contributed by atoms with E-state index in [1.807, 2.05) is 23.1 Å². The molecule has 2 heterocycles. The molecule has 1 aromatic heterocycles. The van der Waals surface area contributed by atoms with E-state index in [0.29, 0.717) is 29.8 Å². The van der Waals surface area contributed by atoms with E-state index in [0.717, 1.165) is 24.3 Å². The van der Waals surface area contributed by atoms with Crippen LogP contribution in [0.15, 0.2) is 58.5 Å². The first kappa shape index (κ1) is 22.2. The first-order valence-electron chi connectivity index (χ1n) is 10.1. The maximum atomic E-state index is 13.0. The Morgan fingerprint density at radius 2 is 1.69 bits per heavy atom. The molecule has 1 fully saturated rings. The van der Waals surface area contributed by atoms with Gasteiger partial charge in [-0.2, -0.15) is 4.98 Å². The molecule has 2 N–H and O–H groups in total. The van der Waals surface area contributed by atoms with E-state index in [2.05, 4.69) is 21.8 Å². The number of aromatic nitrogens is 2. The van der Waals surface area contributed by atoms with Crippen LogP contribution in [0.1, 0.15) is 5.56 Å². The number of hydrogen-bond acceptors (Lipinski definition) is 8. The Hall–Kier alpha value is -3.04. The van der Waals surface area contributed by atoms with E-state index in [9.17, 15) is 8.42 Å². The van der Waals surface area contributed by atoms with Crippen LogP contribution in [-0.2, 0) is 9.84 Å². The fraction of sp³-hybridized carbons (Fsp3) is 0.273. The third kappa shape index (κ3) is 4.31. The van der Waals surface area contributed by atoms with Gasteiger partial charge in [0.2, 0.25) is 15.8 Å². The lowest BCUT2D eigenvalue weighted by molar-refractivity contribution is 0.414. The summed E-state index contributed by atoms with van der Waals surface area (Å²) in [5, 5.41) is 0.706. The molecule has 0 spiro atoms. The van der Waals surface area contributed by atoms with Gasteiger partial charge >= 0.3 is 0 Å².